The van der Waals surface area contributed by atoms with Gasteiger partial charge in [-0.25, -0.2) is 4.98 Å². The van der Waals surface area contributed by atoms with E-state index in [1.54, 1.807) is 11.3 Å². The van der Waals surface area contributed by atoms with E-state index in [2.05, 4.69) is 15.2 Å². The minimum absolute atomic E-state index is 0.772. The minimum Gasteiger partial charge on any atom is -0.360 e. The lowest BCUT2D eigenvalue weighted by Crippen LogP contribution is -2.36. The summed E-state index contributed by atoms with van der Waals surface area (Å²) in [6, 6.07) is 5.83. The summed E-state index contributed by atoms with van der Waals surface area (Å²) in [5.74, 6) is 2.53. The van der Waals surface area contributed by atoms with Crippen molar-refractivity contribution in [2.45, 2.75) is 0 Å². The van der Waals surface area contributed by atoms with Crippen LogP contribution >= 0.6 is 34.7 Å². The van der Waals surface area contributed by atoms with Gasteiger partial charge in [0.05, 0.1) is 10.2 Å². The number of hydrogen-bond donors (Lipinski definition) is 1. The van der Waals surface area contributed by atoms with Gasteiger partial charge in [-0.2, -0.15) is 11.8 Å². The number of aromatic nitrogens is 1. The second-order valence-electron chi connectivity index (χ2n) is 4.51. The third-order valence-corrected chi connectivity index (χ3v) is 5.31. The van der Waals surface area contributed by atoms with Gasteiger partial charge in [0.15, 0.2) is 5.13 Å². The topological polar surface area (TPSA) is 28.2 Å². The van der Waals surface area contributed by atoms with Crippen LogP contribution in [0.5, 0.6) is 0 Å². The van der Waals surface area contributed by atoms with Crippen molar-refractivity contribution in [1.29, 1.82) is 0 Å². The molecule has 1 aromatic carbocycles. The number of benzene rings is 1. The molecule has 3 rings (SSSR count). The Balaban J connectivity index is 1.56. The molecule has 3 nitrogen and oxygen atoms in total. The van der Waals surface area contributed by atoms with Crippen LogP contribution in [0.15, 0.2) is 18.2 Å². The Labute approximate surface area is 126 Å². The molecule has 0 bridgehead atoms. The van der Waals surface area contributed by atoms with E-state index in [1.807, 2.05) is 30.0 Å². The van der Waals surface area contributed by atoms with E-state index in [0.29, 0.717) is 0 Å². The molecule has 0 spiro atoms. The maximum atomic E-state index is 5.98. The molecule has 6 heteroatoms. The SMILES string of the molecule is Clc1ccc2nc(NCCN3CCSCC3)sc2c1. The van der Waals surface area contributed by atoms with Crippen molar-refractivity contribution in [2.75, 3.05) is 43.0 Å². The van der Waals surface area contributed by atoms with Gasteiger partial charge in [-0.05, 0) is 18.2 Å². The van der Waals surface area contributed by atoms with Gasteiger partial charge in [-0.1, -0.05) is 22.9 Å². The highest BCUT2D eigenvalue weighted by Crippen LogP contribution is 2.28. The van der Waals surface area contributed by atoms with Gasteiger partial charge in [0, 0.05) is 42.7 Å². The van der Waals surface area contributed by atoms with Gasteiger partial charge < -0.3 is 5.32 Å². The van der Waals surface area contributed by atoms with Crippen molar-refractivity contribution in [3.63, 3.8) is 0 Å². The van der Waals surface area contributed by atoms with Crippen molar-refractivity contribution in [1.82, 2.24) is 9.88 Å². The molecule has 1 N–H and O–H groups in total. The van der Waals surface area contributed by atoms with Gasteiger partial charge in [0.1, 0.15) is 0 Å². The lowest BCUT2D eigenvalue weighted by atomic mass is 10.3. The van der Waals surface area contributed by atoms with Crippen molar-refractivity contribution in [3.8, 4) is 0 Å². The quantitative estimate of drug-likeness (QED) is 0.936. The number of nitrogens with zero attached hydrogens (tertiary/aromatic N) is 2. The minimum atomic E-state index is 0.772. The van der Waals surface area contributed by atoms with E-state index >= 15 is 0 Å². The molecule has 1 fully saturated rings. The zero-order valence-electron chi connectivity index (χ0n) is 10.6. The van der Waals surface area contributed by atoms with Crippen LogP contribution in [0.3, 0.4) is 0 Å². The third kappa shape index (κ3) is 3.54. The molecule has 0 aliphatic carbocycles. The second kappa shape index (κ2) is 6.31. The van der Waals surface area contributed by atoms with E-state index in [4.69, 9.17) is 11.6 Å². The largest absolute Gasteiger partial charge is 0.360 e. The van der Waals surface area contributed by atoms with Gasteiger partial charge in [0.25, 0.3) is 0 Å². The van der Waals surface area contributed by atoms with Crippen molar-refractivity contribution in [3.05, 3.63) is 23.2 Å². The number of hydrogen-bond acceptors (Lipinski definition) is 5. The van der Waals surface area contributed by atoms with Gasteiger partial charge in [0.2, 0.25) is 0 Å². The average Bonchev–Trinajstić information content (AvgIpc) is 2.82. The Morgan fingerprint density at radius 1 is 1.32 bits per heavy atom. The molecule has 0 amide bonds. The van der Waals surface area contributed by atoms with Crippen LogP contribution in [0.2, 0.25) is 5.02 Å². The molecule has 1 aliphatic heterocycles. The smallest absolute Gasteiger partial charge is 0.183 e. The van der Waals surface area contributed by atoms with Crippen molar-refractivity contribution >= 4 is 50.0 Å². The number of rotatable bonds is 4. The Morgan fingerprint density at radius 2 is 2.16 bits per heavy atom. The maximum absolute atomic E-state index is 5.98. The number of nitrogens with one attached hydrogen (secondary N) is 1. The summed E-state index contributed by atoms with van der Waals surface area (Å²) in [7, 11) is 0. The highest BCUT2D eigenvalue weighted by atomic mass is 35.5. The fraction of sp³-hybridized carbons (Fsp3) is 0.462. The lowest BCUT2D eigenvalue weighted by molar-refractivity contribution is 0.314. The highest BCUT2D eigenvalue weighted by molar-refractivity contribution is 7.99. The first-order valence-electron chi connectivity index (χ1n) is 6.41. The molecule has 2 heterocycles. The number of halogens is 1. The molecule has 0 radical (unpaired) electrons. The van der Waals surface area contributed by atoms with E-state index in [-0.39, 0.29) is 0 Å². The van der Waals surface area contributed by atoms with Gasteiger partial charge in [-0.3, -0.25) is 4.90 Å². The van der Waals surface area contributed by atoms with Gasteiger partial charge >= 0.3 is 0 Å². The van der Waals surface area contributed by atoms with Crippen LogP contribution in [-0.4, -0.2) is 47.6 Å². The molecule has 0 saturated carbocycles. The molecule has 0 atom stereocenters. The summed E-state index contributed by atoms with van der Waals surface area (Å²) >= 11 is 9.70. The third-order valence-electron chi connectivity index (χ3n) is 3.16. The molecule has 0 unspecified atom stereocenters. The molecule has 2 aromatic rings. The van der Waals surface area contributed by atoms with E-state index < -0.39 is 0 Å². The highest BCUT2D eigenvalue weighted by Gasteiger charge is 2.10. The van der Waals surface area contributed by atoms with Crippen LogP contribution < -0.4 is 5.32 Å². The second-order valence-corrected chi connectivity index (χ2v) is 7.20. The summed E-state index contributed by atoms with van der Waals surface area (Å²) in [4.78, 5) is 7.07. The molecular formula is C13H16ClN3S2. The molecule has 1 aliphatic rings. The van der Waals surface area contributed by atoms with E-state index in [0.717, 1.165) is 33.5 Å². The van der Waals surface area contributed by atoms with Gasteiger partial charge in [-0.15, -0.1) is 0 Å². The zero-order valence-corrected chi connectivity index (χ0v) is 13.0. The Bertz CT molecular complexity index is 552. The number of thiazole rings is 1. The van der Waals surface area contributed by atoms with Crippen LogP contribution in [0, 0.1) is 0 Å². The first-order valence-corrected chi connectivity index (χ1v) is 8.76. The van der Waals surface area contributed by atoms with E-state index in [9.17, 15) is 0 Å². The van der Waals surface area contributed by atoms with Crippen LogP contribution in [0.25, 0.3) is 10.2 Å². The predicted octanol–water partition coefficient (Wildman–Crippen LogP) is 3.41. The van der Waals surface area contributed by atoms with Crippen molar-refractivity contribution in [2.24, 2.45) is 0 Å². The monoisotopic (exact) mass is 313 g/mol. The van der Waals surface area contributed by atoms with Crippen LogP contribution in [0.4, 0.5) is 5.13 Å². The normalized spacial score (nSPS) is 16.9. The summed E-state index contributed by atoms with van der Waals surface area (Å²) in [6.45, 7) is 4.47. The Hall–Kier alpha value is -0.490. The lowest BCUT2D eigenvalue weighted by Gasteiger charge is -2.25. The van der Waals surface area contributed by atoms with Crippen LogP contribution in [-0.2, 0) is 0 Å². The zero-order chi connectivity index (χ0) is 13.1. The number of anilines is 1. The molecule has 19 heavy (non-hydrogen) atoms. The standard InChI is InChI=1S/C13H16ClN3S2/c14-10-1-2-11-12(9-10)19-13(16-11)15-3-4-17-5-7-18-8-6-17/h1-2,9H,3-8H2,(H,15,16). The van der Waals surface area contributed by atoms with Crippen LogP contribution in [0.1, 0.15) is 0 Å². The molecule has 102 valence electrons. The first kappa shape index (κ1) is 13.5. The predicted molar refractivity (Wildman–Crippen MR) is 86.9 cm³/mol. The molecule has 1 aromatic heterocycles. The first-order chi connectivity index (χ1) is 9.31. The van der Waals surface area contributed by atoms with E-state index in [1.165, 1.54) is 24.6 Å². The Morgan fingerprint density at radius 3 is 3.00 bits per heavy atom. The maximum Gasteiger partial charge on any atom is 0.183 e. The fourth-order valence-electron chi connectivity index (χ4n) is 2.12. The fourth-order valence-corrected chi connectivity index (χ4v) is 4.27. The number of thioether (sulfide) groups is 1. The molecular weight excluding hydrogens is 298 g/mol. The summed E-state index contributed by atoms with van der Waals surface area (Å²) in [6.07, 6.45) is 0. The average molecular weight is 314 g/mol. The van der Waals surface area contributed by atoms with Crippen molar-refractivity contribution < 1.29 is 0 Å². The number of fused-ring (bicyclic) bond motifs is 1. The Kier molecular flexibility index (Phi) is 4.48. The summed E-state index contributed by atoms with van der Waals surface area (Å²) in [5.41, 5.74) is 1.02. The summed E-state index contributed by atoms with van der Waals surface area (Å²) < 4.78 is 1.14. The summed E-state index contributed by atoms with van der Waals surface area (Å²) in [5, 5.41) is 5.18. The molecule has 1 saturated heterocycles.